The van der Waals surface area contributed by atoms with Gasteiger partial charge in [0, 0.05) is 19.7 Å². The van der Waals surface area contributed by atoms with Gasteiger partial charge in [-0.05, 0) is 25.1 Å². The van der Waals surface area contributed by atoms with Gasteiger partial charge in [0.25, 0.3) is 0 Å². The van der Waals surface area contributed by atoms with Crippen LogP contribution in [0.25, 0.3) is 0 Å². The van der Waals surface area contributed by atoms with Gasteiger partial charge in [-0.15, -0.1) is 0 Å². The van der Waals surface area contributed by atoms with Gasteiger partial charge in [0.2, 0.25) is 10.0 Å². The van der Waals surface area contributed by atoms with Crippen molar-refractivity contribution >= 4 is 21.6 Å². The summed E-state index contributed by atoms with van der Waals surface area (Å²) in [5.41, 5.74) is 0.325. The highest BCUT2D eigenvalue weighted by molar-refractivity contribution is 7.89. The standard InChI is InChI=1S/C13H17ClN2O3S/c1-3-16(7-8-19-4-2)20(17,18)13-6-5-11(10-15)9-12(13)14/h5-6,9H,3-4,7-8H2,1-2H3. The Morgan fingerprint density at radius 2 is 2.10 bits per heavy atom. The molecule has 0 saturated heterocycles. The Morgan fingerprint density at radius 1 is 1.40 bits per heavy atom. The minimum atomic E-state index is -3.68. The van der Waals surface area contributed by atoms with E-state index in [1.807, 2.05) is 13.0 Å². The SMILES string of the molecule is CCOCCN(CC)S(=O)(=O)c1ccc(C#N)cc1Cl. The molecule has 1 aromatic rings. The van der Waals surface area contributed by atoms with Gasteiger partial charge >= 0.3 is 0 Å². The third-order valence-corrected chi connectivity index (χ3v) is 5.18. The van der Waals surface area contributed by atoms with Crippen LogP contribution >= 0.6 is 11.6 Å². The van der Waals surface area contributed by atoms with Crippen molar-refractivity contribution in [3.8, 4) is 6.07 Å². The second-order valence-electron chi connectivity index (χ2n) is 3.95. The van der Waals surface area contributed by atoms with Crippen LogP contribution in [0.3, 0.4) is 0 Å². The zero-order valence-electron chi connectivity index (χ0n) is 11.5. The van der Waals surface area contributed by atoms with Crippen molar-refractivity contribution in [3.63, 3.8) is 0 Å². The Balaban J connectivity index is 3.05. The normalized spacial score (nSPS) is 11.6. The van der Waals surface area contributed by atoms with Gasteiger partial charge in [-0.2, -0.15) is 9.57 Å². The van der Waals surface area contributed by atoms with E-state index < -0.39 is 10.0 Å². The summed E-state index contributed by atoms with van der Waals surface area (Å²) < 4.78 is 31.4. The van der Waals surface area contributed by atoms with Gasteiger partial charge in [0.05, 0.1) is 23.3 Å². The molecule has 7 heteroatoms. The van der Waals surface area contributed by atoms with E-state index in [-0.39, 0.29) is 16.5 Å². The summed E-state index contributed by atoms with van der Waals surface area (Å²) in [5, 5.41) is 8.82. The molecule has 0 fully saturated rings. The number of likely N-dealkylation sites (N-methyl/N-ethyl adjacent to an activating group) is 1. The molecule has 20 heavy (non-hydrogen) atoms. The second kappa shape index (κ2) is 7.60. The third kappa shape index (κ3) is 3.93. The largest absolute Gasteiger partial charge is 0.380 e. The van der Waals surface area contributed by atoms with Crippen LogP contribution in [0, 0.1) is 11.3 Å². The molecule has 0 bridgehead atoms. The van der Waals surface area contributed by atoms with E-state index in [4.69, 9.17) is 21.6 Å². The highest BCUT2D eigenvalue weighted by Crippen LogP contribution is 2.25. The zero-order valence-corrected chi connectivity index (χ0v) is 13.0. The number of hydrogen-bond acceptors (Lipinski definition) is 4. The van der Waals surface area contributed by atoms with Crippen LogP contribution in [0.5, 0.6) is 0 Å². The maximum Gasteiger partial charge on any atom is 0.244 e. The van der Waals surface area contributed by atoms with Crippen LogP contribution in [0.4, 0.5) is 0 Å². The van der Waals surface area contributed by atoms with Crippen LogP contribution in [0.1, 0.15) is 19.4 Å². The Morgan fingerprint density at radius 3 is 2.60 bits per heavy atom. The number of rotatable bonds is 7. The minimum absolute atomic E-state index is 0.0107. The minimum Gasteiger partial charge on any atom is -0.380 e. The topological polar surface area (TPSA) is 70.4 Å². The van der Waals surface area contributed by atoms with Gasteiger partial charge in [0.1, 0.15) is 4.90 Å². The van der Waals surface area contributed by atoms with E-state index in [2.05, 4.69) is 0 Å². The van der Waals surface area contributed by atoms with Crippen molar-refractivity contribution in [3.05, 3.63) is 28.8 Å². The maximum absolute atomic E-state index is 12.5. The highest BCUT2D eigenvalue weighted by Gasteiger charge is 2.25. The molecule has 0 radical (unpaired) electrons. The van der Waals surface area contributed by atoms with Crippen molar-refractivity contribution in [2.24, 2.45) is 0 Å². The summed E-state index contributed by atoms with van der Waals surface area (Å²) in [7, 11) is -3.68. The van der Waals surface area contributed by atoms with Crippen LogP contribution in [-0.4, -0.2) is 39.0 Å². The first kappa shape index (κ1) is 16.9. The number of halogens is 1. The molecule has 0 aliphatic rings. The number of nitriles is 1. The molecule has 0 unspecified atom stereocenters. The summed E-state index contributed by atoms with van der Waals surface area (Å²) in [4.78, 5) is 0.0107. The van der Waals surface area contributed by atoms with Gasteiger partial charge in [0.15, 0.2) is 0 Å². The molecule has 0 aliphatic heterocycles. The summed E-state index contributed by atoms with van der Waals surface area (Å²) in [6.45, 7) is 5.06. The Bertz CT molecular complexity index is 596. The number of sulfonamides is 1. The first-order chi connectivity index (χ1) is 9.47. The lowest BCUT2D eigenvalue weighted by Gasteiger charge is -2.21. The van der Waals surface area contributed by atoms with Crippen LogP contribution in [-0.2, 0) is 14.8 Å². The molecular formula is C13H17ClN2O3S. The predicted molar refractivity (Wildman–Crippen MR) is 77.1 cm³/mol. The van der Waals surface area contributed by atoms with Gasteiger partial charge in [-0.3, -0.25) is 0 Å². The lowest BCUT2D eigenvalue weighted by atomic mass is 10.2. The van der Waals surface area contributed by atoms with E-state index in [0.29, 0.717) is 25.3 Å². The molecule has 0 atom stereocenters. The fraction of sp³-hybridized carbons (Fsp3) is 0.462. The fourth-order valence-electron chi connectivity index (χ4n) is 1.68. The van der Waals surface area contributed by atoms with Crippen LogP contribution in [0.15, 0.2) is 23.1 Å². The fourth-order valence-corrected chi connectivity index (χ4v) is 3.63. The molecule has 0 N–H and O–H groups in total. The molecule has 5 nitrogen and oxygen atoms in total. The van der Waals surface area contributed by atoms with Crippen LogP contribution in [0.2, 0.25) is 5.02 Å². The molecule has 0 amide bonds. The van der Waals surface area contributed by atoms with Crippen molar-refractivity contribution in [2.45, 2.75) is 18.7 Å². The third-order valence-electron chi connectivity index (χ3n) is 2.72. The van der Waals surface area contributed by atoms with E-state index in [1.165, 1.54) is 22.5 Å². The lowest BCUT2D eigenvalue weighted by Crippen LogP contribution is -2.34. The molecule has 0 spiro atoms. The maximum atomic E-state index is 12.5. The average Bonchev–Trinajstić information content (AvgIpc) is 2.42. The summed E-state index contributed by atoms with van der Waals surface area (Å²) in [5.74, 6) is 0. The molecular weight excluding hydrogens is 300 g/mol. The zero-order chi connectivity index (χ0) is 15.2. The van der Waals surface area contributed by atoms with Gasteiger partial charge in [-0.25, -0.2) is 8.42 Å². The van der Waals surface area contributed by atoms with Crippen molar-refractivity contribution in [2.75, 3.05) is 26.3 Å². The molecule has 0 aliphatic carbocycles. The van der Waals surface area contributed by atoms with Crippen molar-refractivity contribution < 1.29 is 13.2 Å². The summed E-state index contributed by atoms with van der Waals surface area (Å²) in [6.07, 6.45) is 0. The first-order valence-corrected chi connectivity index (χ1v) is 8.06. The average molecular weight is 317 g/mol. The van der Waals surface area contributed by atoms with Crippen molar-refractivity contribution in [1.82, 2.24) is 4.31 Å². The molecule has 110 valence electrons. The van der Waals surface area contributed by atoms with E-state index in [9.17, 15) is 8.42 Å². The predicted octanol–water partition coefficient (Wildman–Crippen LogP) is 2.26. The van der Waals surface area contributed by atoms with E-state index in [0.717, 1.165) is 0 Å². The monoisotopic (exact) mass is 316 g/mol. The van der Waals surface area contributed by atoms with Crippen molar-refractivity contribution in [1.29, 1.82) is 5.26 Å². The van der Waals surface area contributed by atoms with Gasteiger partial charge < -0.3 is 4.74 Å². The van der Waals surface area contributed by atoms with Gasteiger partial charge in [-0.1, -0.05) is 18.5 Å². The Labute approximate surface area is 124 Å². The number of ether oxygens (including phenoxy) is 1. The van der Waals surface area contributed by atoms with E-state index in [1.54, 1.807) is 6.92 Å². The molecule has 0 saturated carbocycles. The van der Waals surface area contributed by atoms with E-state index >= 15 is 0 Å². The second-order valence-corrected chi connectivity index (χ2v) is 6.26. The quantitative estimate of drug-likeness (QED) is 0.723. The number of nitrogens with zero attached hydrogens (tertiary/aromatic N) is 2. The number of hydrogen-bond donors (Lipinski definition) is 0. The molecule has 1 aromatic carbocycles. The van der Waals surface area contributed by atoms with Crippen LogP contribution < -0.4 is 0 Å². The highest BCUT2D eigenvalue weighted by atomic mass is 35.5. The first-order valence-electron chi connectivity index (χ1n) is 6.24. The molecule has 1 rings (SSSR count). The number of benzene rings is 1. The summed E-state index contributed by atoms with van der Waals surface area (Å²) >= 11 is 5.97. The lowest BCUT2D eigenvalue weighted by molar-refractivity contribution is 0.135. The Kier molecular flexibility index (Phi) is 6.43. The molecule has 0 heterocycles. The smallest absolute Gasteiger partial charge is 0.244 e. The molecule has 0 aromatic heterocycles. The Hall–Kier alpha value is -1.13. The summed E-state index contributed by atoms with van der Waals surface area (Å²) in [6, 6.07) is 6.07.